The molecule has 0 radical (unpaired) electrons. The molecule has 1 aromatic rings. The standard InChI is InChI=1S/C13H16FN3O/c1-3-16-13(18)9-17(4-2)12-6-5-10(8-15)7-11(12)14/h5-7H,3-4,9H2,1-2H3,(H,16,18). The van der Waals surface area contributed by atoms with Crippen molar-refractivity contribution in [3.63, 3.8) is 0 Å². The summed E-state index contributed by atoms with van der Waals surface area (Å²) in [6.45, 7) is 4.84. The van der Waals surface area contributed by atoms with Crippen LogP contribution >= 0.6 is 0 Å². The van der Waals surface area contributed by atoms with E-state index in [2.05, 4.69) is 5.32 Å². The first kappa shape index (κ1) is 14.0. The Kier molecular flexibility index (Phi) is 5.12. The fraction of sp³-hybridized carbons (Fsp3) is 0.385. The summed E-state index contributed by atoms with van der Waals surface area (Å²) in [5, 5.41) is 11.3. The number of rotatable bonds is 5. The van der Waals surface area contributed by atoms with Crippen LogP contribution in [0.4, 0.5) is 10.1 Å². The maximum Gasteiger partial charge on any atom is 0.239 e. The molecular formula is C13H16FN3O. The van der Waals surface area contributed by atoms with Crippen LogP contribution in [0.15, 0.2) is 18.2 Å². The van der Waals surface area contributed by atoms with E-state index in [1.165, 1.54) is 12.1 Å². The van der Waals surface area contributed by atoms with Gasteiger partial charge in [0.15, 0.2) is 0 Å². The molecule has 1 N–H and O–H groups in total. The molecule has 0 unspecified atom stereocenters. The molecule has 4 nitrogen and oxygen atoms in total. The number of nitriles is 1. The minimum absolute atomic E-state index is 0.104. The smallest absolute Gasteiger partial charge is 0.239 e. The Hall–Kier alpha value is -2.09. The molecule has 96 valence electrons. The summed E-state index contributed by atoms with van der Waals surface area (Å²) < 4.78 is 13.8. The molecule has 0 fully saturated rings. The summed E-state index contributed by atoms with van der Waals surface area (Å²) in [6, 6.07) is 6.12. The summed E-state index contributed by atoms with van der Waals surface area (Å²) in [6.07, 6.45) is 0. The number of likely N-dealkylation sites (N-methyl/N-ethyl adjacent to an activating group) is 2. The highest BCUT2D eigenvalue weighted by Crippen LogP contribution is 2.19. The summed E-state index contributed by atoms with van der Waals surface area (Å²) in [4.78, 5) is 13.1. The van der Waals surface area contributed by atoms with Crippen LogP contribution in [0.3, 0.4) is 0 Å². The van der Waals surface area contributed by atoms with Crippen molar-refractivity contribution >= 4 is 11.6 Å². The van der Waals surface area contributed by atoms with E-state index in [-0.39, 0.29) is 18.0 Å². The van der Waals surface area contributed by atoms with Crippen molar-refractivity contribution < 1.29 is 9.18 Å². The maximum atomic E-state index is 13.8. The minimum Gasteiger partial charge on any atom is -0.360 e. The summed E-state index contributed by atoms with van der Waals surface area (Å²) in [7, 11) is 0. The van der Waals surface area contributed by atoms with Crippen LogP contribution < -0.4 is 10.2 Å². The highest BCUT2D eigenvalue weighted by atomic mass is 19.1. The number of hydrogen-bond donors (Lipinski definition) is 1. The number of halogens is 1. The summed E-state index contributed by atoms with van der Waals surface area (Å²) >= 11 is 0. The molecule has 0 aromatic heterocycles. The van der Waals surface area contributed by atoms with E-state index in [4.69, 9.17) is 5.26 Å². The van der Waals surface area contributed by atoms with Crippen LogP contribution in [-0.4, -0.2) is 25.5 Å². The van der Waals surface area contributed by atoms with Gasteiger partial charge in [0.05, 0.1) is 23.9 Å². The van der Waals surface area contributed by atoms with E-state index < -0.39 is 5.82 Å². The lowest BCUT2D eigenvalue weighted by atomic mass is 10.2. The molecule has 0 spiro atoms. The maximum absolute atomic E-state index is 13.8. The largest absolute Gasteiger partial charge is 0.360 e. The van der Waals surface area contributed by atoms with Crippen LogP contribution in [-0.2, 0) is 4.79 Å². The molecule has 1 aromatic carbocycles. The van der Waals surface area contributed by atoms with Gasteiger partial charge in [-0.3, -0.25) is 4.79 Å². The van der Waals surface area contributed by atoms with E-state index >= 15 is 0 Å². The zero-order valence-electron chi connectivity index (χ0n) is 10.5. The first-order valence-electron chi connectivity index (χ1n) is 5.83. The molecule has 0 aliphatic heterocycles. The molecule has 0 aliphatic rings. The van der Waals surface area contributed by atoms with Crippen LogP contribution in [0.25, 0.3) is 0 Å². The second-order valence-corrected chi connectivity index (χ2v) is 3.75. The summed E-state index contributed by atoms with van der Waals surface area (Å²) in [5.74, 6) is -0.636. The van der Waals surface area contributed by atoms with Crippen molar-refractivity contribution in [1.82, 2.24) is 5.32 Å². The number of hydrogen-bond acceptors (Lipinski definition) is 3. The van der Waals surface area contributed by atoms with Gasteiger partial charge in [0.1, 0.15) is 5.82 Å². The van der Waals surface area contributed by atoms with E-state index in [0.29, 0.717) is 18.8 Å². The van der Waals surface area contributed by atoms with Crippen molar-refractivity contribution in [2.75, 3.05) is 24.5 Å². The summed E-state index contributed by atoms with van der Waals surface area (Å²) in [5.41, 5.74) is 0.605. The normalized spacial score (nSPS) is 9.67. The molecule has 0 atom stereocenters. The van der Waals surface area contributed by atoms with Crippen LogP contribution in [0.1, 0.15) is 19.4 Å². The Morgan fingerprint density at radius 3 is 2.72 bits per heavy atom. The minimum atomic E-state index is -0.486. The third kappa shape index (κ3) is 3.45. The Bertz CT molecular complexity index is 468. The number of carbonyl (C=O) groups excluding carboxylic acids is 1. The highest BCUT2D eigenvalue weighted by Gasteiger charge is 2.13. The average Bonchev–Trinajstić information content (AvgIpc) is 2.36. The third-order valence-corrected chi connectivity index (χ3v) is 2.51. The van der Waals surface area contributed by atoms with Gasteiger partial charge in [-0.1, -0.05) is 0 Å². The van der Waals surface area contributed by atoms with Crippen molar-refractivity contribution in [2.45, 2.75) is 13.8 Å². The van der Waals surface area contributed by atoms with Crippen molar-refractivity contribution in [3.8, 4) is 6.07 Å². The number of amides is 1. The van der Waals surface area contributed by atoms with E-state index in [1.54, 1.807) is 11.0 Å². The lowest BCUT2D eigenvalue weighted by Crippen LogP contribution is -2.37. The van der Waals surface area contributed by atoms with Crippen LogP contribution in [0.2, 0.25) is 0 Å². The SMILES string of the molecule is CCNC(=O)CN(CC)c1ccc(C#N)cc1F. The zero-order chi connectivity index (χ0) is 13.5. The topological polar surface area (TPSA) is 56.1 Å². The Labute approximate surface area is 106 Å². The Balaban J connectivity index is 2.89. The number of carbonyl (C=O) groups is 1. The van der Waals surface area contributed by atoms with Crippen molar-refractivity contribution in [3.05, 3.63) is 29.6 Å². The molecule has 0 saturated heterocycles. The third-order valence-electron chi connectivity index (χ3n) is 2.51. The molecular weight excluding hydrogens is 233 g/mol. The molecule has 0 bridgehead atoms. The van der Waals surface area contributed by atoms with E-state index in [9.17, 15) is 9.18 Å². The number of anilines is 1. The number of benzene rings is 1. The average molecular weight is 249 g/mol. The number of nitrogens with one attached hydrogen (secondary N) is 1. The number of nitrogens with zero attached hydrogens (tertiary/aromatic N) is 2. The fourth-order valence-corrected chi connectivity index (χ4v) is 1.63. The molecule has 18 heavy (non-hydrogen) atoms. The van der Waals surface area contributed by atoms with Gasteiger partial charge in [-0.25, -0.2) is 4.39 Å². The van der Waals surface area contributed by atoms with Crippen LogP contribution in [0.5, 0.6) is 0 Å². The van der Waals surface area contributed by atoms with Gasteiger partial charge >= 0.3 is 0 Å². The van der Waals surface area contributed by atoms with Crippen molar-refractivity contribution in [1.29, 1.82) is 5.26 Å². The zero-order valence-corrected chi connectivity index (χ0v) is 10.5. The molecule has 1 amide bonds. The Morgan fingerprint density at radius 2 is 2.22 bits per heavy atom. The van der Waals surface area contributed by atoms with E-state index in [1.807, 2.05) is 19.9 Å². The molecule has 0 aliphatic carbocycles. The van der Waals surface area contributed by atoms with Gasteiger partial charge in [-0.15, -0.1) is 0 Å². The van der Waals surface area contributed by atoms with Crippen molar-refractivity contribution in [2.24, 2.45) is 0 Å². The highest BCUT2D eigenvalue weighted by molar-refractivity contribution is 5.81. The molecule has 0 saturated carbocycles. The quantitative estimate of drug-likeness (QED) is 0.863. The first-order chi connectivity index (χ1) is 8.62. The predicted molar refractivity (Wildman–Crippen MR) is 67.7 cm³/mol. The van der Waals surface area contributed by atoms with Gasteiger partial charge in [-0.05, 0) is 32.0 Å². The molecule has 0 heterocycles. The van der Waals surface area contributed by atoms with Gasteiger partial charge in [-0.2, -0.15) is 5.26 Å². The monoisotopic (exact) mass is 249 g/mol. The second-order valence-electron chi connectivity index (χ2n) is 3.75. The predicted octanol–water partition coefficient (Wildman–Crippen LogP) is 1.66. The lowest BCUT2D eigenvalue weighted by Gasteiger charge is -2.22. The van der Waals surface area contributed by atoms with Gasteiger partial charge in [0.25, 0.3) is 0 Å². The fourth-order valence-electron chi connectivity index (χ4n) is 1.63. The first-order valence-corrected chi connectivity index (χ1v) is 5.83. The lowest BCUT2D eigenvalue weighted by molar-refractivity contribution is -0.119. The van der Waals surface area contributed by atoms with E-state index in [0.717, 1.165) is 0 Å². The Morgan fingerprint density at radius 1 is 1.50 bits per heavy atom. The van der Waals surface area contributed by atoms with Gasteiger partial charge < -0.3 is 10.2 Å². The molecule has 5 heteroatoms. The second kappa shape index (κ2) is 6.60. The van der Waals surface area contributed by atoms with Gasteiger partial charge in [0.2, 0.25) is 5.91 Å². The van der Waals surface area contributed by atoms with Gasteiger partial charge in [0, 0.05) is 13.1 Å². The molecule has 1 rings (SSSR count). The van der Waals surface area contributed by atoms with Crippen LogP contribution in [0, 0.1) is 17.1 Å².